The van der Waals surface area contributed by atoms with E-state index in [4.69, 9.17) is 0 Å². The molecule has 0 saturated heterocycles. The molecule has 7 heteroatoms. The van der Waals surface area contributed by atoms with Gasteiger partial charge in [0.2, 0.25) is 5.91 Å². The molecule has 0 radical (unpaired) electrons. The highest BCUT2D eigenvalue weighted by Crippen LogP contribution is 2.19. The molecule has 2 N–H and O–H groups in total. The highest BCUT2D eigenvalue weighted by molar-refractivity contribution is 7.14. The van der Waals surface area contributed by atoms with Gasteiger partial charge in [-0.25, -0.2) is 9.37 Å². The molecule has 26 heavy (non-hydrogen) atoms. The average molecular weight is 369 g/mol. The van der Waals surface area contributed by atoms with Crippen molar-refractivity contribution in [1.82, 2.24) is 4.98 Å². The summed E-state index contributed by atoms with van der Waals surface area (Å²) in [7, 11) is 0. The molecule has 0 aliphatic rings. The van der Waals surface area contributed by atoms with E-state index in [1.165, 1.54) is 29.5 Å². The maximum absolute atomic E-state index is 13.1. The minimum atomic E-state index is -0.348. The molecule has 0 aliphatic carbocycles. The van der Waals surface area contributed by atoms with E-state index in [1.807, 2.05) is 6.07 Å². The summed E-state index contributed by atoms with van der Waals surface area (Å²) in [4.78, 5) is 28.5. The number of carbonyl (C=O) groups excluding carboxylic acids is 2. The number of benzene rings is 2. The van der Waals surface area contributed by atoms with E-state index < -0.39 is 0 Å². The summed E-state index contributed by atoms with van der Waals surface area (Å²) >= 11 is 1.25. The van der Waals surface area contributed by atoms with Gasteiger partial charge in [0.15, 0.2) is 5.13 Å². The first kappa shape index (κ1) is 17.8. The Morgan fingerprint density at radius 1 is 1.12 bits per heavy atom. The van der Waals surface area contributed by atoms with Crippen LogP contribution in [0.1, 0.15) is 21.6 Å². The first-order chi connectivity index (χ1) is 12.5. The fraction of sp³-hybridized carbons (Fsp3) is 0.105. The number of halogens is 1. The lowest BCUT2D eigenvalue weighted by molar-refractivity contribution is -0.115. The Bertz CT molecular complexity index is 941. The van der Waals surface area contributed by atoms with Crippen molar-refractivity contribution in [2.75, 3.05) is 10.6 Å². The number of aryl methyl sites for hydroxylation is 1. The monoisotopic (exact) mass is 369 g/mol. The number of amides is 2. The van der Waals surface area contributed by atoms with Crippen LogP contribution in [-0.4, -0.2) is 16.8 Å². The van der Waals surface area contributed by atoms with Crippen LogP contribution in [0.3, 0.4) is 0 Å². The van der Waals surface area contributed by atoms with Crippen molar-refractivity contribution in [3.8, 4) is 0 Å². The van der Waals surface area contributed by atoms with Gasteiger partial charge in [-0.1, -0.05) is 18.2 Å². The Labute approximate surface area is 153 Å². The predicted octanol–water partition coefficient (Wildman–Crippen LogP) is 4.02. The number of hydrogen-bond acceptors (Lipinski definition) is 4. The van der Waals surface area contributed by atoms with Crippen LogP contribution in [0, 0.1) is 12.7 Å². The van der Waals surface area contributed by atoms with Crippen LogP contribution >= 0.6 is 11.3 Å². The van der Waals surface area contributed by atoms with Crippen molar-refractivity contribution in [1.29, 1.82) is 0 Å². The first-order valence-corrected chi connectivity index (χ1v) is 8.76. The van der Waals surface area contributed by atoms with E-state index in [0.29, 0.717) is 27.6 Å². The number of thiazole rings is 1. The molecule has 0 saturated carbocycles. The lowest BCUT2D eigenvalue weighted by atomic mass is 10.2. The Balaban J connectivity index is 1.59. The summed E-state index contributed by atoms with van der Waals surface area (Å²) in [5, 5.41) is 7.60. The normalized spacial score (nSPS) is 10.4. The smallest absolute Gasteiger partial charge is 0.257 e. The summed E-state index contributed by atoms with van der Waals surface area (Å²) in [5.74, 6) is -0.859. The average Bonchev–Trinajstić information content (AvgIpc) is 3.05. The van der Waals surface area contributed by atoms with Gasteiger partial charge in [-0.05, 0) is 42.8 Å². The van der Waals surface area contributed by atoms with E-state index in [0.717, 1.165) is 0 Å². The summed E-state index contributed by atoms with van der Waals surface area (Å²) < 4.78 is 13.1. The number of anilines is 2. The van der Waals surface area contributed by atoms with Gasteiger partial charge in [-0.3, -0.25) is 14.9 Å². The second-order valence-electron chi connectivity index (χ2n) is 5.65. The third-order valence-corrected chi connectivity index (χ3v) is 4.42. The zero-order chi connectivity index (χ0) is 18.5. The quantitative estimate of drug-likeness (QED) is 0.713. The van der Waals surface area contributed by atoms with Crippen LogP contribution in [-0.2, 0) is 11.2 Å². The van der Waals surface area contributed by atoms with Crippen LogP contribution in [0.4, 0.5) is 15.2 Å². The van der Waals surface area contributed by atoms with Crippen molar-refractivity contribution in [3.05, 3.63) is 76.5 Å². The molecule has 0 fully saturated rings. The van der Waals surface area contributed by atoms with Gasteiger partial charge in [0.25, 0.3) is 5.91 Å². The van der Waals surface area contributed by atoms with Crippen molar-refractivity contribution in [2.24, 2.45) is 0 Å². The molecular weight excluding hydrogens is 353 g/mol. The molecule has 0 bridgehead atoms. The minimum absolute atomic E-state index is 0.0640. The van der Waals surface area contributed by atoms with E-state index >= 15 is 0 Å². The van der Waals surface area contributed by atoms with E-state index in [2.05, 4.69) is 15.6 Å². The van der Waals surface area contributed by atoms with E-state index in [1.54, 1.807) is 36.6 Å². The molecule has 2 amide bonds. The summed E-state index contributed by atoms with van der Waals surface area (Å²) in [5.41, 5.74) is 2.29. The Morgan fingerprint density at radius 3 is 2.62 bits per heavy atom. The van der Waals surface area contributed by atoms with Gasteiger partial charge in [0.05, 0.1) is 12.1 Å². The number of carbonyl (C=O) groups is 2. The number of nitrogens with one attached hydrogen (secondary N) is 2. The lowest BCUT2D eigenvalue weighted by Gasteiger charge is -2.07. The summed E-state index contributed by atoms with van der Waals surface area (Å²) in [6.07, 6.45) is 0.0640. The van der Waals surface area contributed by atoms with Crippen LogP contribution in [0.25, 0.3) is 0 Å². The van der Waals surface area contributed by atoms with Gasteiger partial charge in [0.1, 0.15) is 5.82 Å². The highest BCUT2D eigenvalue weighted by Gasteiger charge is 2.12. The Hall–Kier alpha value is -3.06. The van der Waals surface area contributed by atoms with E-state index in [-0.39, 0.29) is 24.1 Å². The fourth-order valence-electron chi connectivity index (χ4n) is 2.33. The van der Waals surface area contributed by atoms with Crippen LogP contribution in [0.2, 0.25) is 0 Å². The molecule has 2 aromatic carbocycles. The molecule has 1 aromatic heterocycles. The van der Waals surface area contributed by atoms with Gasteiger partial charge in [-0.2, -0.15) is 0 Å². The number of hydrogen-bond donors (Lipinski definition) is 2. The lowest BCUT2D eigenvalue weighted by Crippen LogP contribution is -2.16. The Morgan fingerprint density at radius 2 is 1.88 bits per heavy atom. The van der Waals surface area contributed by atoms with Crippen LogP contribution in [0.5, 0.6) is 0 Å². The van der Waals surface area contributed by atoms with Gasteiger partial charge in [-0.15, -0.1) is 11.3 Å². The second-order valence-corrected chi connectivity index (χ2v) is 6.51. The van der Waals surface area contributed by atoms with Gasteiger partial charge >= 0.3 is 0 Å². The topological polar surface area (TPSA) is 71.1 Å². The Kier molecular flexibility index (Phi) is 5.38. The van der Waals surface area contributed by atoms with Gasteiger partial charge in [0, 0.05) is 16.6 Å². The number of nitrogens with zero attached hydrogens (tertiary/aromatic N) is 1. The molecule has 0 unspecified atom stereocenters. The largest absolute Gasteiger partial charge is 0.326 e. The fourth-order valence-corrected chi connectivity index (χ4v) is 3.04. The molecule has 1 heterocycles. The summed E-state index contributed by atoms with van der Waals surface area (Å²) in [6.45, 7) is 1.72. The molecule has 3 rings (SSSR count). The van der Waals surface area contributed by atoms with Crippen molar-refractivity contribution < 1.29 is 14.0 Å². The van der Waals surface area contributed by atoms with Crippen LogP contribution in [0.15, 0.2) is 53.9 Å². The van der Waals surface area contributed by atoms with Crippen molar-refractivity contribution >= 4 is 34.0 Å². The second kappa shape index (κ2) is 7.88. The molecule has 0 atom stereocenters. The highest BCUT2D eigenvalue weighted by atomic mass is 32.1. The SMILES string of the molecule is Cc1cc(F)ccc1NC(=O)Cc1csc(NC(=O)c2ccccc2)n1. The third-order valence-electron chi connectivity index (χ3n) is 3.61. The standard InChI is InChI=1S/C19H16FN3O2S/c1-12-9-14(20)7-8-16(12)22-17(24)10-15-11-26-19(21-15)23-18(25)13-5-3-2-4-6-13/h2-9,11H,10H2,1H3,(H,22,24)(H,21,23,25). The number of aromatic nitrogens is 1. The zero-order valence-electron chi connectivity index (χ0n) is 14.0. The molecule has 132 valence electrons. The molecule has 0 spiro atoms. The minimum Gasteiger partial charge on any atom is -0.326 e. The zero-order valence-corrected chi connectivity index (χ0v) is 14.8. The van der Waals surface area contributed by atoms with E-state index in [9.17, 15) is 14.0 Å². The maximum atomic E-state index is 13.1. The summed E-state index contributed by atoms with van der Waals surface area (Å²) in [6, 6.07) is 13.0. The van der Waals surface area contributed by atoms with Crippen LogP contribution < -0.4 is 10.6 Å². The first-order valence-electron chi connectivity index (χ1n) is 7.88. The van der Waals surface area contributed by atoms with Crippen molar-refractivity contribution in [2.45, 2.75) is 13.3 Å². The van der Waals surface area contributed by atoms with Gasteiger partial charge < -0.3 is 5.32 Å². The molecule has 0 aliphatic heterocycles. The predicted molar refractivity (Wildman–Crippen MR) is 100.0 cm³/mol. The third kappa shape index (κ3) is 4.52. The molecule has 3 aromatic rings. The molecular formula is C19H16FN3O2S. The van der Waals surface area contributed by atoms with Crippen molar-refractivity contribution in [3.63, 3.8) is 0 Å². The maximum Gasteiger partial charge on any atom is 0.257 e. The number of rotatable bonds is 5. The molecule has 5 nitrogen and oxygen atoms in total.